The Labute approximate surface area is 120 Å². The molecule has 19 heavy (non-hydrogen) atoms. The fraction of sp³-hybridized carbons (Fsp3) is 0.538. The normalized spacial score (nSPS) is 14.7. The quantitative estimate of drug-likeness (QED) is 0.798. The summed E-state index contributed by atoms with van der Waals surface area (Å²) in [5.41, 5.74) is 2.87. The maximum Gasteiger partial charge on any atom is 0.160 e. The third-order valence-corrected chi connectivity index (χ3v) is 4.97. The minimum atomic E-state index is -0.806. The second-order valence-corrected chi connectivity index (χ2v) is 6.78. The Hall–Kier alpha value is -0.940. The van der Waals surface area contributed by atoms with Crippen molar-refractivity contribution in [3.63, 3.8) is 0 Å². The zero-order valence-electron chi connectivity index (χ0n) is 11.4. The second-order valence-electron chi connectivity index (χ2n) is 4.71. The number of alkyl halides is 1. The summed E-state index contributed by atoms with van der Waals surface area (Å²) >= 11 is 5.96. The SMILES string of the molecule is Cc1ccnc2c1nc(CCl)n2CCC(C)S(C)=O. The Kier molecular flexibility index (Phi) is 4.58. The van der Waals surface area contributed by atoms with Gasteiger partial charge in [0.1, 0.15) is 11.3 Å². The monoisotopic (exact) mass is 299 g/mol. The molecule has 0 aliphatic carbocycles. The van der Waals surface area contributed by atoms with Crippen molar-refractivity contribution in [2.24, 2.45) is 0 Å². The maximum atomic E-state index is 11.4. The van der Waals surface area contributed by atoms with Gasteiger partial charge in [0.05, 0.1) is 5.88 Å². The maximum absolute atomic E-state index is 11.4. The lowest BCUT2D eigenvalue weighted by atomic mass is 10.3. The van der Waals surface area contributed by atoms with Crippen molar-refractivity contribution in [3.8, 4) is 0 Å². The lowest BCUT2D eigenvalue weighted by Gasteiger charge is -2.11. The molecular weight excluding hydrogens is 282 g/mol. The van der Waals surface area contributed by atoms with Crippen LogP contribution in [0.3, 0.4) is 0 Å². The van der Waals surface area contributed by atoms with Crippen LogP contribution in [0.5, 0.6) is 0 Å². The number of rotatable bonds is 5. The highest BCUT2D eigenvalue weighted by molar-refractivity contribution is 7.84. The van der Waals surface area contributed by atoms with Gasteiger partial charge in [-0.1, -0.05) is 6.92 Å². The van der Waals surface area contributed by atoms with Gasteiger partial charge in [0.2, 0.25) is 0 Å². The van der Waals surface area contributed by atoms with Crippen molar-refractivity contribution in [2.75, 3.05) is 6.26 Å². The molecule has 4 nitrogen and oxygen atoms in total. The summed E-state index contributed by atoms with van der Waals surface area (Å²) in [6.45, 7) is 4.76. The van der Waals surface area contributed by atoms with Crippen LogP contribution in [0.15, 0.2) is 12.3 Å². The first-order chi connectivity index (χ1) is 9.04. The van der Waals surface area contributed by atoms with Gasteiger partial charge in [-0.2, -0.15) is 0 Å². The van der Waals surface area contributed by atoms with E-state index in [0.717, 1.165) is 35.5 Å². The van der Waals surface area contributed by atoms with Crippen LogP contribution < -0.4 is 0 Å². The third-order valence-electron chi connectivity index (χ3n) is 3.36. The molecule has 0 amide bonds. The van der Waals surface area contributed by atoms with Gasteiger partial charge in [-0.25, -0.2) is 9.97 Å². The molecule has 2 unspecified atom stereocenters. The Balaban J connectivity index is 2.35. The van der Waals surface area contributed by atoms with Crippen LogP contribution in [0, 0.1) is 6.92 Å². The molecule has 0 aliphatic rings. The molecule has 0 aromatic carbocycles. The van der Waals surface area contributed by atoms with E-state index in [4.69, 9.17) is 11.6 Å². The zero-order chi connectivity index (χ0) is 14.0. The molecular formula is C13H18ClN3OS. The van der Waals surface area contributed by atoms with E-state index in [0.29, 0.717) is 5.88 Å². The van der Waals surface area contributed by atoms with Gasteiger partial charge in [-0.15, -0.1) is 11.6 Å². The molecule has 2 aromatic rings. The van der Waals surface area contributed by atoms with Crippen molar-refractivity contribution in [1.29, 1.82) is 0 Å². The van der Waals surface area contributed by atoms with Crippen LogP contribution in [0.1, 0.15) is 24.7 Å². The summed E-state index contributed by atoms with van der Waals surface area (Å²) in [7, 11) is -0.806. The lowest BCUT2D eigenvalue weighted by molar-refractivity contribution is 0.614. The summed E-state index contributed by atoms with van der Waals surface area (Å²) in [5, 5.41) is 0.158. The van der Waals surface area contributed by atoms with Crippen LogP contribution in [0.4, 0.5) is 0 Å². The van der Waals surface area contributed by atoms with Crippen LogP contribution >= 0.6 is 11.6 Å². The van der Waals surface area contributed by atoms with Crippen LogP contribution in [0.25, 0.3) is 11.2 Å². The molecule has 104 valence electrons. The first-order valence-corrected chi connectivity index (χ1v) is 8.39. The van der Waals surface area contributed by atoms with E-state index >= 15 is 0 Å². The molecule has 0 N–H and O–H groups in total. The molecule has 0 saturated carbocycles. The van der Waals surface area contributed by atoms with E-state index in [2.05, 4.69) is 9.97 Å². The summed E-state index contributed by atoms with van der Waals surface area (Å²) in [4.78, 5) is 8.95. The minimum Gasteiger partial charge on any atom is -0.312 e. The molecule has 0 radical (unpaired) electrons. The van der Waals surface area contributed by atoms with Crippen molar-refractivity contribution in [2.45, 2.75) is 37.9 Å². The van der Waals surface area contributed by atoms with Gasteiger partial charge in [0.25, 0.3) is 0 Å². The highest BCUT2D eigenvalue weighted by Gasteiger charge is 2.14. The predicted octanol–water partition coefficient (Wildman–Crippen LogP) is 2.64. The molecule has 2 rings (SSSR count). The van der Waals surface area contributed by atoms with E-state index in [-0.39, 0.29) is 5.25 Å². The number of imidazole rings is 1. The number of fused-ring (bicyclic) bond motifs is 1. The number of aryl methyl sites for hydroxylation is 2. The van der Waals surface area contributed by atoms with E-state index in [1.165, 1.54) is 0 Å². The highest BCUT2D eigenvalue weighted by Crippen LogP contribution is 2.19. The van der Waals surface area contributed by atoms with Crippen molar-refractivity contribution >= 4 is 33.6 Å². The fourth-order valence-electron chi connectivity index (χ4n) is 2.00. The summed E-state index contributed by atoms with van der Waals surface area (Å²) in [6.07, 6.45) is 4.35. The number of hydrogen-bond donors (Lipinski definition) is 0. The Morgan fingerprint density at radius 3 is 2.89 bits per heavy atom. The van der Waals surface area contributed by atoms with E-state index < -0.39 is 10.8 Å². The molecule has 0 aliphatic heterocycles. The molecule has 0 spiro atoms. The van der Waals surface area contributed by atoms with E-state index in [1.807, 2.05) is 24.5 Å². The molecule has 2 heterocycles. The van der Waals surface area contributed by atoms with E-state index in [9.17, 15) is 4.21 Å². The summed E-state index contributed by atoms with van der Waals surface area (Å²) in [5.74, 6) is 1.19. The molecule has 2 atom stereocenters. The summed E-state index contributed by atoms with van der Waals surface area (Å²) < 4.78 is 13.5. The van der Waals surface area contributed by atoms with Crippen LogP contribution in [-0.2, 0) is 23.2 Å². The summed E-state index contributed by atoms with van der Waals surface area (Å²) in [6, 6.07) is 1.95. The first kappa shape index (κ1) is 14.5. The largest absolute Gasteiger partial charge is 0.312 e. The number of pyridine rings is 1. The smallest absolute Gasteiger partial charge is 0.160 e. The van der Waals surface area contributed by atoms with Crippen LogP contribution in [0.2, 0.25) is 0 Å². The number of halogens is 1. The molecule has 0 fully saturated rings. The number of hydrogen-bond acceptors (Lipinski definition) is 3. The molecule has 0 saturated heterocycles. The van der Waals surface area contributed by atoms with Gasteiger partial charge < -0.3 is 4.57 Å². The zero-order valence-corrected chi connectivity index (χ0v) is 13.0. The van der Waals surface area contributed by atoms with E-state index in [1.54, 1.807) is 12.5 Å². The standard InChI is InChI=1S/C13H18ClN3OS/c1-9-4-6-15-13-12(9)16-11(8-14)17(13)7-5-10(2)19(3)18/h4,6,10H,5,7-8H2,1-3H3. The molecule has 2 aromatic heterocycles. The predicted molar refractivity (Wildman–Crippen MR) is 80.0 cm³/mol. The van der Waals surface area contributed by atoms with Gasteiger partial charge in [0.15, 0.2) is 5.65 Å². The minimum absolute atomic E-state index is 0.158. The van der Waals surface area contributed by atoms with Crippen LogP contribution in [-0.4, -0.2) is 30.2 Å². The Morgan fingerprint density at radius 2 is 2.26 bits per heavy atom. The molecule has 0 bridgehead atoms. The fourth-order valence-corrected chi connectivity index (χ4v) is 2.64. The van der Waals surface area contributed by atoms with Gasteiger partial charge >= 0.3 is 0 Å². The topological polar surface area (TPSA) is 47.8 Å². The highest BCUT2D eigenvalue weighted by atomic mass is 35.5. The Morgan fingerprint density at radius 1 is 1.53 bits per heavy atom. The van der Waals surface area contributed by atoms with Gasteiger partial charge in [0, 0.05) is 35.0 Å². The Bertz CT molecular complexity index is 611. The third kappa shape index (κ3) is 2.98. The van der Waals surface area contributed by atoms with Gasteiger partial charge in [-0.3, -0.25) is 4.21 Å². The lowest BCUT2D eigenvalue weighted by Crippen LogP contribution is -2.14. The number of aromatic nitrogens is 3. The first-order valence-electron chi connectivity index (χ1n) is 6.23. The van der Waals surface area contributed by atoms with Crippen molar-refractivity contribution < 1.29 is 4.21 Å². The van der Waals surface area contributed by atoms with Gasteiger partial charge in [-0.05, 0) is 25.0 Å². The van der Waals surface area contributed by atoms with Crippen molar-refractivity contribution in [1.82, 2.24) is 14.5 Å². The number of nitrogens with zero attached hydrogens (tertiary/aromatic N) is 3. The second kappa shape index (κ2) is 6.01. The average molecular weight is 300 g/mol. The van der Waals surface area contributed by atoms with Crippen molar-refractivity contribution in [3.05, 3.63) is 23.7 Å². The molecule has 6 heteroatoms. The average Bonchev–Trinajstić information content (AvgIpc) is 2.75.